The third-order valence-corrected chi connectivity index (χ3v) is 10.8. The van der Waals surface area contributed by atoms with Crippen LogP contribution in [0.25, 0.3) is 0 Å². The summed E-state index contributed by atoms with van der Waals surface area (Å²) in [6.45, 7) is 10.9. The van der Waals surface area contributed by atoms with E-state index in [2.05, 4.69) is 39.8 Å². The van der Waals surface area contributed by atoms with Gasteiger partial charge in [0.2, 0.25) is 0 Å². The zero-order chi connectivity index (χ0) is 21.1. The second-order valence-corrected chi connectivity index (χ2v) is 14.1. The van der Waals surface area contributed by atoms with Crippen molar-refractivity contribution in [3.05, 3.63) is 22.4 Å². The monoisotopic (exact) mass is 428 g/mol. The lowest BCUT2D eigenvalue weighted by atomic mass is 9.98. The summed E-state index contributed by atoms with van der Waals surface area (Å²) in [5.41, 5.74) is 0.826. The summed E-state index contributed by atoms with van der Waals surface area (Å²) in [5, 5.41) is 24.9. The molecule has 6 atom stereocenters. The van der Waals surface area contributed by atoms with E-state index in [1.807, 2.05) is 16.8 Å². The van der Waals surface area contributed by atoms with Gasteiger partial charge in [0.05, 0.1) is 6.61 Å². The summed E-state index contributed by atoms with van der Waals surface area (Å²) >= 11 is 1.51. The summed E-state index contributed by atoms with van der Waals surface area (Å²) < 4.78 is 23.4. The first-order valence-corrected chi connectivity index (χ1v) is 13.2. The molecule has 1 fully saturated rings. The van der Waals surface area contributed by atoms with Crippen LogP contribution >= 0.6 is 11.3 Å². The molecule has 0 radical (unpaired) electrons. The zero-order valence-corrected chi connectivity index (χ0v) is 19.2. The van der Waals surface area contributed by atoms with E-state index in [1.54, 1.807) is 0 Å². The Morgan fingerprint density at radius 1 is 1.32 bits per heavy atom. The van der Waals surface area contributed by atoms with Crippen LogP contribution in [0.2, 0.25) is 18.1 Å². The van der Waals surface area contributed by atoms with Crippen molar-refractivity contribution < 1.29 is 28.8 Å². The highest BCUT2D eigenvalue weighted by molar-refractivity contribution is 7.08. The van der Waals surface area contributed by atoms with Crippen molar-refractivity contribution in [3.63, 3.8) is 0 Å². The predicted octanol–water partition coefficient (Wildman–Crippen LogP) is 2.92. The van der Waals surface area contributed by atoms with Crippen LogP contribution in [0.4, 0.5) is 0 Å². The van der Waals surface area contributed by atoms with Gasteiger partial charge in [-0.1, -0.05) is 26.7 Å². The standard InChI is InChI=1S/C20H32O6SSi/c1-8-14(13-9-10-27-12-13)25-18-15(11-24-28(6,7)20(2,3)4)26-19(23-5)17(22)16(18)21/h1,9-10,12,14-19,21-22H,11H2,2-7H3/t14-,15-,16-,17-,18+,19+/m1/s1. The fourth-order valence-electron chi connectivity index (χ4n) is 2.71. The molecule has 1 saturated heterocycles. The first kappa shape index (κ1) is 23.5. The van der Waals surface area contributed by atoms with Crippen LogP contribution in [0, 0.1) is 12.3 Å². The van der Waals surface area contributed by atoms with Crippen LogP contribution in [0.3, 0.4) is 0 Å². The average molecular weight is 429 g/mol. The summed E-state index contributed by atoms with van der Waals surface area (Å²) in [4.78, 5) is 0. The third-order valence-electron chi connectivity index (χ3n) is 5.58. The molecule has 0 bridgehead atoms. The van der Waals surface area contributed by atoms with Gasteiger partial charge in [0.25, 0.3) is 0 Å². The highest BCUT2D eigenvalue weighted by Gasteiger charge is 2.48. The molecule has 1 aliphatic heterocycles. The molecule has 1 aromatic heterocycles. The van der Waals surface area contributed by atoms with Crippen LogP contribution in [0.1, 0.15) is 32.4 Å². The van der Waals surface area contributed by atoms with Crippen molar-refractivity contribution in [1.82, 2.24) is 0 Å². The van der Waals surface area contributed by atoms with Crippen molar-refractivity contribution >= 4 is 19.7 Å². The zero-order valence-electron chi connectivity index (χ0n) is 17.4. The largest absolute Gasteiger partial charge is 0.414 e. The number of thiophene rings is 1. The van der Waals surface area contributed by atoms with E-state index in [-0.39, 0.29) is 11.6 Å². The summed E-state index contributed by atoms with van der Waals surface area (Å²) in [7, 11) is -0.630. The van der Waals surface area contributed by atoms with Crippen molar-refractivity contribution in [1.29, 1.82) is 0 Å². The van der Waals surface area contributed by atoms with Gasteiger partial charge in [-0.15, -0.1) is 6.42 Å². The number of hydrogen-bond acceptors (Lipinski definition) is 7. The van der Waals surface area contributed by atoms with Gasteiger partial charge in [-0.2, -0.15) is 11.3 Å². The van der Waals surface area contributed by atoms with Gasteiger partial charge in [0.1, 0.15) is 30.5 Å². The van der Waals surface area contributed by atoms with Gasteiger partial charge in [0.15, 0.2) is 14.6 Å². The minimum atomic E-state index is -2.05. The van der Waals surface area contributed by atoms with Crippen LogP contribution in [0.5, 0.6) is 0 Å². The lowest BCUT2D eigenvalue weighted by Crippen LogP contribution is -2.61. The van der Waals surface area contributed by atoms with Crippen LogP contribution in [-0.4, -0.2) is 63.0 Å². The maximum absolute atomic E-state index is 10.7. The van der Waals surface area contributed by atoms with Gasteiger partial charge >= 0.3 is 0 Å². The molecule has 8 heteroatoms. The first-order chi connectivity index (χ1) is 13.0. The topological polar surface area (TPSA) is 77.4 Å². The molecule has 6 nitrogen and oxygen atoms in total. The predicted molar refractivity (Wildman–Crippen MR) is 112 cm³/mol. The van der Waals surface area contributed by atoms with Gasteiger partial charge in [-0.3, -0.25) is 0 Å². The normalized spacial score (nSPS) is 30.0. The Morgan fingerprint density at radius 2 is 2.00 bits per heavy atom. The molecule has 0 aliphatic carbocycles. The van der Waals surface area contributed by atoms with E-state index < -0.39 is 45.1 Å². The molecule has 2 N–H and O–H groups in total. The van der Waals surface area contributed by atoms with E-state index >= 15 is 0 Å². The lowest BCUT2D eigenvalue weighted by Gasteiger charge is -2.44. The summed E-state index contributed by atoms with van der Waals surface area (Å²) in [6.07, 6.45) is 0.0771. The smallest absolute Gasteiger partial charge is 0.192 e. The van der Waals surface area contributed by atoms with Gasteiger partial charge in [-0.05, 0) is 35.0 Å². The Bertz CT molecular complexity index is 651. The highest BCUT2D eigenvalue weighted by Crippen LogP contribution is 2.37. The number of rotatable bonds is 7. The number of aliphatic hydroxyl groups excluding tert-OH is 2. The van der Waals surface area contributed by atoms with Crippen LogP contribution in [0.15, 0.2) is 16.8 Å². The lowest BCUT2D eigenvalue weighted by molar-refractivity contribution is -0.304. The van der Waals surface area contributed by atoms with Crippen LogP contribution in [-0.2, 0) is 18.6 Å². The molecular formula is C20H32O6SSi. The van der Waals surface area contributed by atoms with Crippen LogP contribution < -0.4 is 0 Å². The Hall–Kier alpha value is -0.763. The van der Waals surface area contributed by atoms with Gasteiger partial charge in [0, 0.05) is 12.7 Å². The summed E-state index contributed by atoms with van der Waals surface area (Å²) in [5.74, 6) is 2.60. The Balaban J connectivity index is 2.21. The fraction of sp³-hybridized carbons (Fsp3) is 0.700. The second-order valence-electron chi connectivity index (χ2n) is 8.54. The number of terminal acetylenes is 1. The minimum Gasteiger partial charge on any atom is -0.414 e. The van der Waals surface area contributed by atoms with Gasteiger partial charge < -0.3 is 28.8 Å². The molecule has 0 aromatic carbocycles. The number of hydrogen-bond donors (Lipinski definition) is 2. The number of ether oxygens (including phenoxy) is 3. The number of methoxy groups -OCH3 is 1. The maximum atomic E-state index is 10.7. The Kier molecular flexibility index (Phi) is 7.87. The quantitative estimate of drug-likeness (QED) is 0.514. The van der Waals surface area contributed by atoms with E-state index in [4.69, 9.17) is 25.1 Å². The molecule has 0 unspecified atom stereocenters. The van der Waals surface area contributed by atoms with E-state index in [1.165, 1.54) is 18.4 Å². The second kappa shape index (κ2) is 9.37. The molecule has 0 spiro atoms. The minimum absolute atomic E-state index is 0.0227. The molecule has 28 heavy (non-hydrogen) atoms. The molecule has 158 valence electrons. The molecule has 2 rings (SSSR count). The summed E-state index contributed by atoms with van der Waals surface area (Å²) in [6, 6.07) is 1.88. The molecule has 1 aliphatic rings. The Labute approximate surface area is 172 Å². The average Bonchev–Trinajstić information content (AvgIpc) is 3.15. The molecule has 2 heterocycles. The van der Waals surface area contributed by atoms with Crippen molar-refractivity contribution in [2.45, 2.75) is 75.7 Å². The molecular weight excluding hydrogens is 396 g/mol. The number of aliphatic hydroxyl groups is 2. The molecule has 0 saturated carbocycles. The molecule has 0 amide bonds. The fourth-order valence-corrected chi connectivity index (χ4v) is 4.39. The Morgan fingerprint density at radius 3 is 2.50 bits per heavy atom. The highest BCUT2D eigenvalue weighted by atomic mass is 32.1. The van der Waals surface area contributed by atoms with Crippen molar-refractivity contribution in [2.24, 2.45) is 0 Å². The van der Waals surface area contributed by atoms with E-state index in [0.717, 1.165) is 5.56 Å². The van der Waals surface area contributed by atoms with Gasteiger partial charge in [-0.25, -0.2) is 0 Å². The molecule has 1 aromatic rings. The SMILES string of the molecule is C#C[C@@H](O[C@@H]1[C@H](O)[C@@H](O)[C@@H](OC)O[C@@H]1CO[Si](C)(C)C(C)(C)C)c1ccsc1. The third kappa shape index (κ3) is 5.23. The van der Waals surface area contributed by atoms with Crippen molar-refractivity contribution in [2.75, 3.05) is 13.7 Å². The van der Waals surface area contributed by atoms with Crippen molar-refractivity contribution in [3.8, 4) is 12.3 Å². The van der Waals surface area contributed by atoms with E-state index in [0.29, 0.717) is 0 Å². The van der Waals surface area contributed by atoms with E-state index in [9.17, 15) is 10.2 Å². The maximum Gasteiger partial charge on any atom is 0.192 e. The first-order valence-electron chi connectivity index (χ1n) is 9.34.